The first-order chi connectivity index (χ1) is 10.3. The van der Waals surface area contributed by atoms with E-state index in [4.69, 9.17) is 10.5 Å². The largest absolute Gasteiger partial charge is 0.490 e. The normalized spacial score (nSPS) is 11.2. The van der Waals surface area contributed by atoms with Crippen molar-refractivity contribution >= 4 is 11.6 Å². The van der Waals surface area contributed by atoms with E-state index in [0.29, 0.717) is 19.1 Å². The fraction of sp³-hybridized carbons (Fsp3) is 0.250. The summed E-state index contributed by atoms with van der Waals surface area (Å²) in [7, 11) is 0. The topological polar surface area (TPSA) is 72.5 Å². The van der Waals surface area contributed by atoms with Crippen LogP contribution >= 0.6 is 0 Å². The first-order valence-electron chi connectivity index (χ1n) is 6.96. The minimum Gasteiger partial charge on any atom is -0.490 e. The van der Waals surface area contributed by atoms with Crippen molar-refractivity contribution in [2.24, 2.45) is 10.7 Å². The van der Waals surface area contributed by atoms with Gasteiger partial charge < -0.3 is 15.8 Å². The zero-order valence-electron chi connectivity index (χ0n) is 12.1. The Labute approximate surface area is 124 Å². The Morgan fingerprint density at radius 1 is 1.33 bits per heavy atom. The summed E-state index contributed by atoms with van der Waals surface area (Å²) >= 11 is 0. The third-order valence-electron chi connectivity index (χ3n) is 2.88. The molecular formula is C16H20N4O. The number of nitrogens with one attached hydrogen (secondary N) is 1. The number of aryl methyl sites for hydroxylation is 1. The van der Waals surface area contributed by atoms with Crippen LogP contribution in [0.25, 0.3) is 0 Å². The van der Waals surface area contributed by atoms with Gasteiger partial charge in [0.2, 0.25) is 0 Å². The lowest BCUT2D eigenvalue weighted by atomic mass is 10.1. The van der Waals surface area contributed by atoms with Gasteiger partial charge in [-0.2, -0.15) is 0 Å². The number of hydrogen-bond donors (Lipinski definition) is 2. The third kappa shape index (κ3) is 5.14. The Morgan fingerprint density at radius 3 is 3.00 bits per heavy atom. The van der Waals surface area contributed by atoms with Crippen LogP contribution in [0.15, 0.2) is 53.8 Å². The number of aromatic nitrogens is 1. The zero-order valence-corrected chi connectivity index (χ0v) is 12.1. The Balaban J connectivity index is 1.78. The van der Waals surface area contributed by atoms with Crippen molar-refractivity contribution in [2.75, 3.05) is 18.5 Å². The number of pyridine rings is 1. The van der Waals surface area contributed by atoms with Gasteiger partial charge in [-0.05, 0) is 36.2 Å². The van der Waals surface area contributed by atoms with Gasteiger partial charge in [0, 0.05) is 11.9 Å². The van der Waals surface area contributed by atoms with Gasteiger partial charge >= 0.3 is 0 Å². The lowest BCUT2D eigenvalue weighted by molar-refractivity contribution is 0.327. The fourth-order valence-electron chi connectivity index (χ4n) is 1.82. The lowest BCUT2D eigenvalue weighted by Gasteiger charge is -2.07. The molecule has 5 heteroatoms. The van der Waals surface area contributed by atoms with Crippen LogP contribution in [0.5, 0.6) is 5.75 Å². The minimum absolute atomic E-state index is 0.387. The van der Waals surface area contributed by atoms with E-state index < -0.39 is 0 Å². The van der Waals surface area contributed by atoms with Crippen molar-refractivity contribution in [3.8, 4) is 5.75 Å². The SMILES string of the molecule is CCc1cccc(NC(N)=NCCOc2cccnc2)c1. The van der Waals surface area contributed by atoms with Crippen LogP contribution in [0.4, 0.5) is 5.69 Å². The number of anilines is 1. The molecular weight excluding hydrogens is 264 g/mol. The van der Waals surface area contributed by atoms with Gasteiger partial charge in [-0.15, -0.1) is 0 Å². The molecule has 0 aliphatic rings. The predicted molar refractivity (Wildman–Crippen MR) is 85.7 cm³/mol. The maximum absolute atomic E-state index is 5.85. The molecule has 0 amide bonds. The molecule has 21 heavy (non-hydrogen) atoms. The van der Waals surface area contributed by atoms with E-state index in [1.54, 1.807) is 12.4 Å². The maximum atomic E-state index is 5.85. The van der Waals surface area contributed by atoms with Crippen molar-refractivity contribution in [3.05, 3.63) is 54.4 Å². The molecule has 3 N–H and O–H groups in total. The van der Waals surface area contributed by atoms with Gasteiger partial charge in [0.05, 0.1) is 12.7 Å². The molecule has 0 unspecified atom stereocenters. The molecule has 0 fully saturated rings. The van der Waals surface area contributed by atoms with Crippen LogP contribution in [0.2, 0.25) is 0 Å². The summed E-state index contributed by atoms with van der Waals surface area (Å²) in [6, 6.07) is 11.8. The van der Waals surface area contributed by atoms with Gasteiger partial charge in [-0.25, -0.2) is 4.99 Å². The maximum Gasteiger partial charge on any atom is 0.193 e. The molecule has 2 aromatic rings. The number of aliphatic imine (C=N–C) groups is 1. The Kier molecular flexibility index (Phi) is 5.58. The van der Waals surface area contributed by atoms with Crippen LogP contribution in [0.3, 0.4) is 0 Å². The Morgan fingerprint density at radius 2 is 2.24 bits per heavy atom. The second-order valence-electron chi connectivity index (χ2n) is 4.48. The van der Waals surface area contributed by atoms with Crippen molar-refractivity contribution < 1.29 is 4.74 Å². The average Bonchev–Trinajstić information content (AvgIpc) is 2.53. The first kappa shape index (κ1) is 14.8. The second-order valence-corrected chi connectivity index (χ2v) is 4.48. The molecule has 0 bridgehead atoms. The first-order valence-corrected chi connectivity index (χ1v) is 6.96. The number of nitrogens with zero attached hydrogens (tertiary/aromatic N) is 2. The second kappa shape index (κ2) is 7.89. The Bertz CT molecular complexity index is 584. The highest BCUT2D eigenvalue weighted by Gasteiger charge is 1.97. The number of benzene rings is 1. The highest BCUT2D eigenvalue weighted by molar-refractivity contribution is 5.92. The molecule has 0 atom stereocenters. The zero-order chi connectivity index (χ0) is 14.9. The Hall–Kier alpha value is -2.56. The molecule has 0 spiro atoms. The average molecular weight is 284 g/mol. The van der Waals surface area contributed by atoms with Crippen LogP contribution in [-0.2, 0) is 6.42 Å². The van der Waals surface area contributed by atoms with E-state index >= 15 is 0 Å². The van der Waals surface area contributed by atoms with Gasteiger partial charge in [0.15, 0.2) is 5.96 Å². The van der Waals surface area contributed by atoms with Crippen molar-refractivity contribution in [3.63, 3.8) is 0 Å². The molecule has 1 aromatic carbocycles. The minimum atomic E-state index is 0.387. The molecule has 0 saturated heterocycles. The number of rotatable bonds is 6. The number of nitrogens with two attached hydrogens (primary N) is 1. The molecule has 0 aliphatic carbocycles. The molecule has 1 heterocycles. The van der Waals surface area contributed by atoms with E-state index in [1.807, 2.05) is 24.3 Å². The van der Waals surface area contributed by atoms with Gasteiger partial charge in [-0.1, -0.05) is 19.1 Å². The number of hydrogen-bond acceptors (Lipinski definition) is 3. The number of ether oxygens (including phenoxy) is 1. The molecule has 110 valence electrons. The van der Waals surface area contributed by atoms with Crippen LogP contribution < -0.4 is 15.8 Å². The summed E-state index contributed by atoms with van der Waals surface area (Å²) in [5.41, 5.74) is 8.05. The predicted octanol–water partition coefficient (Wildman–Crippen LogP) is 2.45. The fourth-order valence-corrected chi connectivity index (χ4v) is 1.82. The summed E-state index contributed by atoms with van der Waals surface area (Å²) in [5, 5.41) is 3.08. The highest BCUT2D eigenvalue weighted by Crippen LogP contribution is 2.10. The summed E-state index contributed by atoms with van der Waals surface area (Å²) in [6.45, 7) is 3.07. The van der Waals surface area contributed by atoms with Crippen molar-refractivity contribution in [1.29, 1.82) is 0 Å². The van der Waals surface area contributed by atoms with Crippen molar-refractivity contribution in [1.82, 2.24) is 4.98 Å². The monoisotopic (exact) mass is 284 g/mol. The molecule has 2 rings (SSSR count). The smallest absolute Gasteiger partial charge is 0.193 e. The molecule has 1 aromatic heterocycles. The molecule has 0 aliphatic heterocycles. The van der Waals surface area contributed by atoms with Gasteiger partial charge in [0.1, 0.15) is 12.4 Å². The number of guanidine groups is 1. The van der Waals surface area contributed by atoms with E-state index in [2.05, 4.69) is 34.3 Å². The molecule has 5 nitrogen and oxygen atoms in total. The van der Waals surface area contributed by atoms with Gasteiger partial charge in [0.25, 0.3) is 0 Å². The van der Waals surface area contributed by atoms with Crippen molar-refractivity contribution in [2.45, 2.75) is 13.3 Å². The van der Waals surface area contributed by atoms with Crippen LogP contribution in [0.1, 0.15) is 12.5 Å². The molecule has 0 radical (unpaired) electrons. The quantitative estimate of drug-likeness (QED) is 0.485. The highest BCUT2D eigenvalue weighted by atomic mass is 16.5. The van der Waals surface area contributed by atoms with E-state index in [0.717, 1.165) is 17.9 Å². The standard InChI is InChI=1S/C16H20N4O/c1-2-13-5-3-6-14(11-13)20-16(17)19-9-10-21-15-7-4-8-18-12-15/h3-8,11-12H,2,9-10H2,1H3,(H3,17,19,20). The van der Waals surface area contributed by atoms with E-state index in [9.17, 15) is 0 Å². The summed E-state index contributed by atoms with van der Waals surface area (Å²) in [4.78, 5) is 8.20. The van der Waals surface area contributed by atoms with Gasteiger partial charge in [-0.3, -0.25) is 4.98 Å². The summed E-state index contributed by atoms with van der Waals surface area (Å²) < 4.78 is 5.49. The molecule has 0 saturated carbocycles. The van der Waals surface area contributed by atoms with E-state index in [1.165, 1.54) is 5.56 Å². The summed E-state index contributed by atoms with van der Waals surface area (Å²) in [5.74, 6) is 1.12. The lowest BCUT2D eigenvalue weighted by Crippen LogP contribution is -2.23. The summed E-state index contributed by atoms with van der Waals surface area (Å²) in [6.07, 6.45) is 4.37. The van der Waals surface area contributed by atoms with Crippen LogP contribution in [-0.4, -0.2) is 24.1 Å². The van der Waals surface area contributed by atoms with Crippen LogP contribution in [0, 0.1) is 0 Å². The third-order valence-corrected chi connectivity index (χ3v) is 2.88. The van der Waals surface area contributed by atoms with E-state index in [-0.39, 0.29) is 0 Å².